The number of benzene rings is 2. The van der Waals surface area contributed by atoms with E-state index in [2.05, 4.69) is 13.8 Å². The minimum atomic E-state index is -0.431. The molecule has 0 aromatic heterocycles. The molecule has 0 N–H and O–H groups in total. The highest BCUT2D eigenvalue weighted by atomic mass is 16.7. The molecule has 0 aliphatic carbocycles. The summed E-state index contributed by atoms with van der Waals surface area (Å²) in [6.45, 7) is 7.45. The Morgan fingerprint density at radius 2 is 1.71 bits per heavy atom. The van der Waals surface area contributed by atoms with Gasteiger partial charge >= 0.3 is 7.12 Å². The van der Waals surface area contributed by atoms with Gasteiger partial charge in [0.25, 0.3) is 0 Å². The molecule has 0 bridgehead atoms. The normalized spacial score (nSPS) is 20.1. The Kier molecular flexibility index (Phi) is 6.02. The molecule has 28 heavy (non-hydrogen) atoms. The van der Waals surface area contributed by atoms with Crippen LogP contribution in [0.5, 0.6) is 5.75 Å². The standard InChI is InChI=1S/C22H27BO5/c1-22(2)15-27-23(28-16-22)18-9-10-20(26-14-17-7-4-3-5-8-17)19(13-18)21-24-11-6-12-25-21/h3-5,7-10,13,21H,6,11-12,14-16H2,1-2H3. The number of hydrogen-bond donors (Lipinski definition) is 0. The van der Waals surface area contributed by atoms with Gasteiger partial charge in [-0.1, -0.05) is 56.3 Å². The van der Waals surface area contributed by atoms with Gasteiger partial charge in [-0.25, -0.2) is 0 Å². The molecule has 148 valence electrons. The second-order valence-corrected chi connectivity index (χ2v) is 8.12. The Morgan fingerprint density at radius 3 is 2.43 bits per heavy atom. The molecule has 2 heterocycles. The molecule has 2 saturated heterocycles. The summed E-state index contributed by atoms with van der Waals surface area (Å²) >= 11 is 0. The lowest BCUT2D eigenvalue weighted by molar-refractivity contribution is -0.183. The first-order valence-corrected chi connectivity index (χ1v) is 9.88. The second-order valence-electron chi connectivity index (χ2n) is 8.12. The number of rotatable bonds is 5. The molecule has 6 heteroatoms. The van der Waals surface area contributed by atoms with E-state index in [4.69, 9.17) is 23.5 Å². The van der Waals surface area contributed by atoms with Crippen LogP contribution < -0.4 is 10.2 Å². The van der Waals surface area contributed by atoms with E-state index in [0.29, 0.717) is 33.0 Å². The van der Waals surface area contributed by atoms with Gasteiger partial charge in [-0.3, -0.25) is 0 Å². The third kappa shape index (κ3) is 4.76. The van der Waals surface area contributed by atoms with E-state index in [1.807, 2.05) is 48.5 Å². The first kappa shape index (κ1) is 19.5. The molecule has 0 unspecified atom stereocenters. The number of hydrogen-bond acceptors (Lipinski definition) is 5. The largest absolute Gasteiger partial charge is 0.493 e. The van der Waals surface area contributed by atoms with Gasteiger partial charge in [-0.15, -0.1) is 0 Å². The van der Waals surface area contributed by atoms with Crippen LogP contribution in [0.2, 0.25) is 0 Å². The van der Waals surface area contributed by atoms with Gasteiger partial charge in [0.05, 0.1) is 13.2 Å². The SMILES string of the molecule is CC1(C)COB(c2ccc(OCc3ccccc3)c(C3OCCCO3)c2)OC1. The average Bonchev–Trinajstić information content (AvgIpc) is 2.74. The van der Waals surface area contributed by atoms with Crippen molar-refractivity contribution < 1.29 is 23.5 Å². The molecular weight excluding hydrogens is 355 g/mol. The van der Waals surface area contributed by atoms with Gasteiger partial charge in [0.2, 0.25) is 0 Å². The van der Waals surface area contributed by atoms with E-state index >= 15 is 0 Å². The van der Waals surface area contributed by atoms with E-state index in [0.717, 1.165) is 28.8 Å². The zero-order chi connectivity index (χ0) is 19.4. The summed E-state index contributed by atoms with van der Waals surface area (Å²) in [6.07, 6.45) is 0.472. The Bertz CT molecular complexity index is 764. The summed E-state index contributed by atoms with van der Waals surface area (Å²) in [7, 11) is -0.376. The maximum absolute atomic E-state index is 6.11. The molecule has 2 fully saturated rings. The minimum absolute atomic E-state index is 0.0354. The molecule has 0 atom stereocenters. The topological polar surface area (TPSA) is 46.2 Å². The first-order valence-electron chi connectivity index (χ1n) is 9.88. The van der Waals surface area contributed by atoms with Gasteiger partial charge in [0.1, 0.15) is 12.4 Å². The predicted octanol–water partition coefficient (Wildman–Crippen LogP) is 3.47. The van der Waals surface area contributed by atoms with Crippen LogP contribution in [-0.2, 0) is 25.4 Å². The van der Waals surface area contributed by atoms with Crippen LogP contribution in [0.25, 0.3) is 0 Å². The van der Waals surface area contributed by atoms with Crippen LogP contribution in [0.1, 0.15) is 37.7 Å². The van der Waals surface area contributed by atoms with Gasteiger partial charge in [-0.05, 0) is 23.5 Å². The minimum Gasteiger partial charge on any atom is -0.488 e. The number of ether oxygens (including phenoxy) is 3. The Hall–Kier alpha value is -1.86. The molecule has 0 saturated carbocycles. The van der Waals surface area contributed by atoms with Crippen molar-refractivity contribution in [1.29, 1.82) is 0 Å². The van der Waals surface area contributed by atoms with E-state index in [-0.39, 0.29) is 12.5 Å². The molecule has 2 aliphatic heterocycles. The van der Waals surface area contributed by atoms with Gasteiger partial charge in [0.15, 0.2) is 6.29 Å². The summed E-state index contributed by atoms with van der Waals surface area (Å²) in [6, 6.07) is 16.1. The van der Waals surface area contributed by atoms with Crippen LogP contribution in [-0.4, -0.2) is 33.5 Å². The zero-order valence-corrected chi connectivity index (χ0v) is 16.6. The van der Waals surface area contributed by atoms with E-state index in [1.165, 1.54) is 0 Å². The summed E-state index contributed by atoms with van der Waals surface area (Å²) < 4.78 is 29.7. The van der Waals surface area contributed by atoms with Crippen molar-refractivity contribution in [2.24, 2.45) is 5.41 Å². The predicted molar refractivity (Wildman–Crippen MR) is 108 cm³/mol. The van der Waals surface area contributed by atoms with Gasteiger partial charge in [0, 0.05) is 24.2 Å². The van der Waals surface area contributed by atoms with E-state index in [9.17, 15) is 0 Å². The molecule has 5 nitrogen and oxygen atoms in total. The van der Waals surface area contributed by atoms with E-state index < -0.39 is 6.29 Å². The zero-order valence-electron chi connectivity index (χ0n) is 16.6. The lowest BCUT2D eigenvalue weighted by Crippen LogP contribution is -2.47. The Labute approximate surface area is 167 Å². The highest BCUT2D eigenvalue weighted by Gasteiger charge is 2.34. The summed E-state index contributed by atoms with van der Waals surface area (Å²) in [4.78, 5) is 0. The van der Waals surface area contributed by atoms with Crippen molar-refractivity contribution >= 4 is 12.6 Å². The van der Waals surface area contributed by atoms with Crippen LogP contribution in [0.3, 0.4) is 0 Å². The van der Waals surface area contributed by atoms with Crippen LogP contribution >= 0.6 is 0 Å². The molecule has 2 aromatic carbocycles. The lowest BCUT2D eigenvalue weighted by Gasteiger charge is -2.33. The van der Waals surface area contributed by atoms with Crippen LogP contribution in [0, 0.1) is 5.41 Å². The summed E-state index contributed by atoms with van der Waals surface area (Å²) in [5.41, 5.74) is 2.98. The molecule has 0 radical (unpaired) electrons. The Balaban J connectivity index is 1.55. The fraction of sp³-hybridized carbons (Fsp3) is 0.455. The molecular formula is C22H27BO5. The smallest absolute Gasteiger partial charge is 0.488 e. The fourth-order valence-electron chi connectivity index (χ4n) is 3.32. The van der Waals surface area contributed by atoms with E-state index in [1.54, 1.807) is 0 Å². The molecule has 2 aliphatic rings. The van der Waals surface area contributed by atoms with Crippen LogP contribution in [0.4, 0.5) is 0 Å². The second kappa shape index (κ2) is 8.66. The van der Waals surface area contributed by atoms with Crippen molar-refractivity contribution in [2.75, 3.05) is 26.4 Å². The highest BCUT2D eigenvalue weighted by Crippen LogP contribution is 2.31. The quantitative estimate of drug-likeness (QED) is 0.742. The Morgan fingerprint density at radius 1 is 1.00 bits per heavy atom. The summed E-state index contributed by atoms with van der Waals surface area (Å²) in [5, 5.41) is 0. The van der Waals surface area contributed by atoms with Crippen molar-refractivity contribution in [3.05, 3.63) is 59.7 Å². The van der Waals surface area contributed by atoms with Crippen molar-refractivity contribution in [1.82, 2.24) is 0 Å². The fourth-order valence-corrected chi connectivity index (χ4v) is 3.32. The summed E-state index contributed by atoms with van der Waals surface area (Å²) in [5.74, 6) is 0.760. The third-order valence-corrected chi connectivity index (χ3v) is 4.88. The first-order chi connectivity index (χ1) is 13.6. The third-order valence-electron chi connectivity index (χ3n) is 4.88. The molecule has 4 rings (SSSR count). The maximum atomic E-state index is 6.11. The van der Waals surface area contributed by atoms with Crippen LogP contribution in [0.15, 0.2) is 48.5 Å². The average molecular weight is 382 g/mol. The molecule has 0 amide bonds. The van der Waals surface area contributed by atoms with Crippen molar-refractivity contribution in [3.63, 3.8) is 0 Å². The highest BCUT2D eigenvalue weighted by molar-refractivity contribution is 6.61. The van der Waals surface area contributed by atoms with Crippen molar-refractivity contribution in [2.45, 2.75) is 33.2 Å². The van der Waals surface area contributed by atoms with Gasteiger partial charge < -0.3 is 23.5 Å². The lowest BCUT2D eigenvalue weighted by atomic mass is 9.75. The van der Waals surface area contributed by atoms with Crippen molar-refractivity contribution in [3.8, 4) is 5.75 Å². The molecule has 0 spiro atoms. The maximum Gasteiger partial charge on any atom is 0.493 e. The molecule has 2 aromatic rings. The van der Waals surface area contributed by atoms with Gasteiger partial charge in [-0.2, -0.15) is 0 Å². The monoisotopic (exact) mass is 382 g/mol.